The lowest BCUT2D eigenvalue weighted by Crippen LogP contribution is -2.28. The Morgan fingerprint density at radius 3 is 2.26 bits per heavy atom. The number of rotatable bonds is 9. The highest BCUT2D eigenvalue weighted by Crippen LogP contribution is 2.44. The van der Waals surface area contributed by atoms with Crippen LogP contribution in [0.4, 0.5) is 14.9 Å². The lowest BCUT2D eigenvalue weighted by Gasteiger charge is -2.14. The second kappa shape index (κ2) is 11.1. The average Bonchev–Trinajstić information content (AvgIpc) is 3.16. The Labute approximate surface area is 205 Å². The monoisotopic (exact) mass is 494 g/mol. The van der Waals surface area contributed by atoms with Crippen molar-refractivity contribution in [2.45, 2.75) is 5.92 Å². The maximum Gasteiger partial charge on any atom is 0.407 e. The first-order valence-electron chi connectivity index (χ1n) is 10.9. The Morgan fingerprint density at radius 2 is 1.60 bits per heavy atom. The van der Waals surface area contributed by atoms with E-state index in [0.717, 1.165) is 28.3 Å². The first-order valence-corrected chi connectivity index (χ1v) is 12.1. The summed E-state index contributed by atoms with van der Waals surface area (Å²) in [4.78, 5) is 35.5. The number of ether oxygens (including phenoxy) is 1. The summed E-state index contributed by atoms with van der Waals surface area (Å²) in [5, 5.41) is 14.2. The second-order valence-corrected chi connectivity index (χ2v) is 8.93. The molecule has 0 atom stereocenters. The van der Waals surface area contributed by atoms with Gasteiger partial charge in [0.05, 0.1) is 11.4 Å². The lowest BCUT2D eigenvalue weighted by atomic mass is 9.98. The lowest BCUT2D eigenvalue weighted by molar-refractivity contribution is -0.113. The SMILES string of the molecule is O=C(CSCCNC(=O)OCC1c2ccccc2-c2ccccc21)Nc1cccc(F)c1C(=O)O. The largest absolute Gasteiger partial charge is 0.478 e. The third-order valence-corrected chi connectivity index (χ3v) is 6.55. The van der Waals surface area contributed by atoms with E-state index in [4.69, 9.17) is 9.84 Å². The number of fused-ring (bicyclic) bond motifs is 3. The van der Waals surface area contributed by atoms with Crippen LogP contribution in [0, 0.1) is 5.82 Å². The van der Waals surface area contributed by atoms with Crippen LogP contribution in [0.5, 0.6) is 0 Å². The van der Waals surface area contributed by atoms with Gasteiger partial charge >= 0.3 is 12.1 Å². The quantitative estimate of drug-likeness (QED) is 0.372. The van der Waals surface area contributed by atoms with Crippen molar-refractivity contribution in [3.8, 4) is 11.1 Å². The summed E-state index contributed by atoms with van der Waals surface area (Å²) in [6.07, 6.45) is -0.539. The number of halogens is 1. The zero-order valence-electron chi connectivity index (χ0n) is 18.6. The van der Waals surface area contributed by atoms with Crippen LogP contribution in [-0.4, -0.2) is 47.7 Å². The van der Waals surface area contributed by atoms with Crippen LogP contribution in [0.3, 0.4) is 0 Å². The number of carboxylic acid groups (broad SMARTS) is 1. The van der Waals surface area contributed by atoms with Crippen molar-refractivity contribution in [1.82, 2.24) is 5.32 Å². The predicted octanol–water partition coefficient (Wildman–Crippen LogP) is 4.73. The van der Waals surface area contributed by atoms with E-state index in [0.29, 0.717) is 5.75 Å². The van der Waals surface area contributed by atoms with Gasteiger partial charge in [-0.3, -0.25) is 4.79 Å². The van der Waals surface area contributed by atoms with Crippen LogP contribution in [0.2, 0.25) is 0 Å². The molecule has 3 aromatic rings. The average molecular weight is 495 g/mol. The minimum Gasteiger partial charge on any atom is -0.478 e. The van der Waals surface area contributed by atoms with E-state index in [-0.39, 0.29) is 30.5 Å². The van der Waals surface area contributed by atoms with Gasteiger partial charge in [0, 0.05) is 18.2 Å². The number of amides is 2. The fourth-order valence-electron chi connectivity index (χ4n) is 4.07. The Balaban J connectivity index is 1.19. The number of thioether (sulfide) groups is 1. The molecule has 0 fully saturated rings. The summed E-state index contributed by atoms with van der Waals surface area (Å²) in [5.74, 6) is -2.42. The molecule has 4 rings (SSSR count). The zero-order valence-corrected chi connectivity index (χ0v) is 19.4. The molecule has 0 saturated carbocycles. The number of carboxylic acids is 1. The van der Waals surface area contributed by atoms with Crippen molar-refractivity contribution in [2.24, 2.45) is 0 Å². The van der Waals surface area contributed by atoms with Crippen molar-refractivity contribution in [2.75, 3.05) is 30.0 Å². The summed E-state index contributed by atoms with van der Waals surface area (Å²) < 4.78 is 19.2. The molecule has 0 bridgehead atoms. The van der Waals surface area contributed by atoms with Crippen LogP contribution >= 0.6 is 11.8 Å². The van der Waals surface area contributed by atoms with Crippen LogP contribution in [0.15, 0.2) is 66.7 Å². The van der Waals surface area contributed by atoms with Gasteiger partial charge < -0.3 is 20.5 Å². The molecule has 1 aliphatic carbocycles. The number of carbonyl (C=O) groups is 3. The summed E-state index contributed by atoms with van der Waals surface area (Å²) in [5.41, 5.74) is 3.89. The normalized spacial score (nSPS) is 11.9. The standard InChI is InChI=1S/C26H23FN2O5S/c27-21-10-5-11-22(24(21)25(31)32)29-23(30)15-35-13-12-28-26(33)34-14-20-18-8-3-1-6-16(18)17-7-2-4-9-19(17)20/h1-11,20H,12-15H2,(H,28,33)(H,29,30)(H,31,32). The molecule has 0 aromatic heterocycles. The number of nitrogens with one attached hydrogen (secondary N) is 2. The van der Waals surface area contributed by atoms with Crippen molar-refractivity contribution >= 4 is 35.4 Å². The molecule has 2 amide bonds. The number of aromatic carboxylic acids is 1. The molecule has 35 heavy (non-hydrogen) atoms. The second-order valence-electron chi connectivity index (χ2n) is 7.82. The topological polar surface area (TPSA) is 105 Å². The van der Waals surface area contributed by atoms with E-state index in [1.54, 1.807) is 0 Å². The highest BCUT2D eigenvalue weighted by Gasteiger charge is 2.29. The highest BCUT2D eigenvalue weighted by atomic mass is 32.2. The van der Waals surface area contributed by atoms with Gasteiger partial charge in [0.2, 0.25) is 5.91 Å². The van der Waals surface area contributed by atoms with E-state index in [2.05, 4.69) is 22.8 Å². The molecule has 0 spiro atoms. The first kappa shape index (κ1) is 24.3. The molecule has 1 aliphatic rings. The number of alkyl carbamates (subject to hydrolysis) is 1. The van der Waals surface area contributed by atoms with E-state index in [1.807, 2.05) is 36.4 Å². The number of carbonyl (C=O) groups excluding carboxylic acids is 2. The Morgan fingerprint density at radius 1 is 0.943 bits per heavy atom. The van der Waals surface area contributed by atoms with E-state index < -0.39 is 29.4 Å². The van der Waals surface area contributed by atoms with Gasteiger partial charge in [-0.1, -0.05) is 54.6 Å². The van der Waals surface area contributed by atoms with Gasteiger partial charge in [-0.05, 0) is 34.4 Å². The number of benzene rings is 3. The van der Waals surface area contributed by atoms with Crippen LogP contribution in [0.1, 0.15) is 27.4 Å². The molecule has 0 aliphatic heterocycles. The molecular weight excluding hydrogens is 471 g/mol. The third kappa shape index (κ3) is 5.63. The molecule has 0 saturated heterocycles. The van der Waals surface area contributed by atoms with Crippen molar-refractivity contribution in [3.63, 3.8) is 0 Å². The van der Waals surface area contributed by atoms with Crippen LogP contribution in [0.25, 0.3) is 11.1 Å². The van der Waals surface area contributed by atoms with Gasteiger partial charge in [-0.15, -0.1) is 0 Å². The maximum absolute atomic E-state index is 13.7. The fraction of sp³-hybridized carbons (Fsp3) is 0.192. The van der Waals surface area contributed by atoms with Gasteiger partial charge in [0.15, 0.2) is 0 Å². The molecule has 0 unspecified atom stereocenters. The van der Waals surface area contributed by atoms with Crippen molar-refractivity contribution in [1.29, 1.82) is 0 Å². The van der Waals surface area contributed by atoms with Gasteiger partial charge in [-0.25, -0.2) is 14.0 Å². The minimum atomic E-state index is -1.46. The van der Waals surface area contributed by atoms with Crippen LogP contribution in [-0.2, 0) is 9.53 Å². The molecule has 3 aromatic carbocycles. The first-order chi connectivity index (χ1) is 17.0. The molecule has 180 valence electrons. The molecule has 0 heterocycles. The summed E-state index contributed by atoms with van der Waals surface area (Å²) >= 11 is 1.24. The summed E-state index contributed by atoms with van der Waals surface area (Å²) in [6, 6.07) is 19.8. The summed E-state index contributed by atoms with van der Waals surface area (Å²) in [6.45, 7) is 0.504. The zero-order chi connectivity index (χ0) is 24.8. The smallest absolute Gasteiger partial charge is 0.407 e. The Bertz CT molecular complexity index is 1220. The van der Waals surface area contributed by atoms with Crippen molar-refractivity contribution < 1.29 is 28.6 Å². The van der Waals surface area contributed by atoms with E-state index in [9.17, 15) is 18.8 Å². The number of hydrogen-bond donors (Lipinski definition) is 3. The Kier molecular flexibility index (Phi) is 7.67. The molecule has 7 nitrogen and oxygen atoms in total. The molecule has 3 N–H and O–H groups in total. The Hall–Kier alpha value is -3.85. The van der Waals surface area contributed by atoms with Gasteiger partial charge in [0.25, 0.3) is 0 Å². The predicted molar refractivity (Wildman–Crippen MR) is 132 cm³/mol. The number of hydrogen-bond acceptors (Lipinski definition) is 5. The van der Waals surface area contributed by atoms with E-state index >= 15 is 0 Å². The number of anilines is 1. The van der Waals surface area contributed by atoms with E-state index in [1.165, 1.54) is 23.9 Å². The minimum absolute atomic E-state index is 0.0158. The highest BCUT2D eigenvalue weighted by molar-refractivity contribution is 7.99. The van der Waals surface area contributed by atoms with Gasteiger partial charge in [0.1, 0.15) is 18.0 Å². The maximum atomic E-state index is 13.7. The van der Waals surface area contributed by atoms with Crippen LogP contribution < -0.4 is 10.6 Å². The molecule has 0 radical (unpaired) electrons. The third-order valence-electron chi connectivity index (χ3n) is 5.59. The fourth-order valence-corrected chi connectivity index (χ4v) is 4.72. The van der Waals surface area contributed by atoms with Gasteiger partial charge in [-0.2, -0.15) is 11.8 Å². The van der Waals surface area contributed by atoms with Crippen molar-refractivity contribution in [3.05, 3.63) is 89.2 Å². The molecular formula is C26H23FN2O5S. The summed E-state index contributed by atoms with van der Waals surface area (Å²) in [7, 11) is 0. The molecule has 9 heteroatoms.